The lowest BCUT2D eigenvalue weighted by atomic mass is 10.1. The Morgan fingerprint density at radius 2 is 2.03 bits per heavy atom. The van der Waals surface area contributed by atoms with Gasteiger partial charge in [-0.2, -0.15) is 10.2 Å². The first-order valence-electron chi connectivity index (χ1n) is 9.88. The fraction of sp³-hybridized carbons (Fsp3) is 0.286. The van der Waals surface area contributed by atoms with Crippen LogP contribution in [0.1, 0.15) is 6.42 Å². The van der Waals surface area contributed by atoms with Crippen LogP contribution in [-0.4, -0.2) is 57.7 Å². The lowest BCUT2D eigenvalue weighted by Crippen LogP contribution is -2.48. The zero-order valence-electron chi connectivity index (χ0n) is 16.0. The molecule has 2 aromatic carbocycles. The molecule has 0 amide bonds. The molecule has 29 heavy (non-hydrogen) atoms. The molecule has 1 atom stereocenters. The van der Waals surface area contributed by atoms with Crippen LogP contribution in [0.15, 0.2) is 48.8 Å². The van der Waals surface area contributed by atoms with Crippen LogP contribution in [0.2, 0.25) is 0 Å². The Kier molecular flexibility index (Phi) is 4.93. The molecule has 8 nitrogen and oxygen atoms in total. The average Bonchev–Trinajstić information content (AvgIpc) is 3.44. The summed E-state index contributed by atoms with van der Waals surface area (Å²) in [6, 6.07) is 14.6. The molecule has 2 aromatic heterocycles. The van der Waals surface area contributed by atoms with Crippen LogP contribution in [-0.2, 0) is 0 Å². The number of aromatic amines is 2. The van der Waals surface area contributed by atoms with E-state index in [1.807, 2.05) is 30.3 Å². The number of hydrogen-bond donors (Lipinski definition) is 4. The van der Waals surface area contributed by atoms with Crippen LogP contribution < -0.4 is 15.4 Å². The summed E-state index contributed by atoms with van der Waals surface area (Å²) >= 11 is 0. The first-order valence-corrected chi connectivity index (χ1v) is 9.88. The quantitative estimate of drug-likeness (QED) is 0.404. The second kappa shape index (κ2) is 8.02. The highest BCUT2D eigenvalue weighted by Crippen LogP contribution is 2.31. The molecular weight excluding hydrogens is 366 g/mol. The van der Waals surface area contributed by atoms with E-state index < -0.39 is 0 Å². The minimum absolute atomic E-state index is 0.469. The number of H-pyrrole nitrogens is 2. The van der Waals surface area contributed by atoms with E-state index >= 15 is 0 Å². The summed E-state index contributed by atoms with van der Waals surface area (Å²) in [5.74, 6) is 1.52. The largest absolute Gasteiger partial charge is 0.494 e. The van der Waals surface area contributed by atoms with Crippen LogP contribution in [0.5, 0.6) is 5.75 Å². The fourth-order valence-corrected chi connectivity index (χ4v) is 3.69. The third-order valence-corrected chi connectivity index (χ3v) is 5.20. The van der Waals surface area contributed by atoms with Crippen molar-refractivity contribution in [1.82, 2.24) is 36.0 Å². The molecule has 0 bridgehead atoms. The number of hydrogen-bond acceptors (Lipinski definition) is 6. The Bertz CT molecular complexity index is 1080. The van der Waals surface area contributed by atoms with Crippen molar-refractivity contribution in [2.75, 3.05) is 26.2 Å². The monoisotopic (exact) mass is 389 g/mol. The molecule has 3 heterocycles. The van der Waals surface area contributed by atoms with Gasteiger partial charge in [-0.3, -0.25) is 10.2 Å². The second-order valence-electron chi connectivity index (χ2n) is 7.18. The van der Waals surface area contributed by atoms with Gasteiger partial charge in [-0.15, -0.1) is 0 Å². The van der Waals surface area contributed by atoms with E-state index in [4.69, 9.17) is 4.74 Å². The minimum Gasteiger partial charge on any atom is -0.494 e. The standard InChI is InChI=1S/C21H23N7O/c1-2-14(10-17(3-1)29-9-6-16-12-22-7-8-23-16)20-18-11-15(21-24-13-25-28-21)4-5-19(18)26-27-20/h1-5,10-11,13,16,22-23H,6-9,12H2,(H,26,27)(H,24,25,28). The number of nitrogens with zero attached hydrogens (tertiary/aromatic N) is 3. The van der Waals surface area contributed by atoms with Gasteiger partial charge in [0.1, 0.15) is 17.8 Å². The van der Waals surface area contributed by atoms with Crippen molar-refractivity contribution in [3.8, 4) is 28.4 Å². The van der Waals surface area contributed by atoms with Gasteiger partial charge in [0.05, 0.1) is 12.1 Å². The molecule has 5 rings (SSSR count). The van der Waals surface area contributed by atoms with Gasteiger partial charge in [-0.1, -0.05) is 12.1 Å². The number of piperazine rings is 1. The summed E-state index contributed by atoms with van der Waals surface area (Å²) in [6.07, 6.45) is 2.55. The van der Waals surface area contributed by atoms with Crippen LogP contribution in [0.25, 0.3) is 33.5 Å². The number of nitrogens with one attached hydrogen (secondary N) is 4. The van der Waals surface area contributed by atoms with Crippen LogP contribution in [0.3, 0.4) is 0 Å². The second-order valence-corrected chi connectivity index (χ2v) is 7.18. The number of benzene rings is 2. The van der Waals surface area contributed by atoms with Crippen LogP contribution >= 0.6 is 0 Å². The maximum absolute atomic E-state index is 6.01. The number of aromatic nitrogens is 5. The van der Waals surface area contributed by atoms with E-state index in [-0.39, 0.29) is 0 Å². The average molecular weight is 389 g/mol. The molecule has 4 aromatic rings. The molecule has 1 fully saturated rings. The van der Waals surface area contributed by atoms with Crippen LogP contribution in [0.4, 0.5) is 0 Å². The van der Waals surface area contributed by atoms with Gasteiger partial charge in [0.2, 0.25) is 0 Å². The van der Waals surface area contributed by atoms with Crippen molar-refractivity contribution in [2.45, 2.75) is 12.5 Å². The van der Waals surface area contributed by atoms with E-state index in [0.29, 0.717) is 18.5 Å². The molecular formula is C21H23N7O. The number of rotatable bonds is 6. The molecule has 0 saturated carbocycles. The Balaban J connectivity index is 1.36. The molecule has 0 spiro atoms. The first-order chi connectivity index (χ1) is 14.4. The highest BCUT2D eigenvalue weighted by Gasteiger charge is 2.13. The summed E-state index contributed by atoms with van der Waals surface area (Å²) in [5.41, 5.74) is 3.82. The molecule has 0 radical (unpaired) electrons. The van der Waals surface area contributed by atoms with Crippen molar-refractivity contribution in [2.24, 2.45) is 0 Å². The Morgan fingerprint density at radius 1 is 1.03 bits per heavy atom. The van der Waals surface area contributed by atoms with Crippen molar-refractivity contribution in [3.05, 3.63) is 48.8 Å². The maximum Gasteiger partial charge on any atom is 0.180 e. The zero-order valence-corrected chi connectivity index (χ0v) is 16.0. The summed E-state index contributed by atoms with van der Waals surface area (Å²) in [6.45, 7) is 3.73. The summed E-state index contributed by atoms with van der Waals surface area (Å²) in [7, 11) is 0. The third kappa shape index (κ3) is 3.85. The lowest BCUT2D eigenvalue weighted by molar-refractivity contribution is 0.274. The van der Waals surface area contributed by atoms with Gasteiger partial charge < -0.3 is 15.4 Å². The summed E-state index contributed by atoms with van der Waals surface area (Å²) in [4.78, 5) is 4.24. The molecule has 8 heteroatoms. The molecule has 0 aliphatic carbocycles. The Morgan fingerprint density at radius 3 is 2.90 bits per heavy atom. The Labute approximate surface area is 168 Å². The van der Waals surface area contributed by atoms with E-state index in [2.05, 4.69) is 48.1 Å². The van der Waals surface area contributed by atoms with E-state index in [1.54, 1.807) is 6.33 Å². The van der Waals surface area contributed by atoms with Gasteiger partial charge in [-0.05, 0) is 36.8 Å². The number of ether oxygens (including phenoxy) is 1. The van der Waals surface area contributed by atoms with E-state index in [1.165, 1.54) is 0 Å². The van der Waals surface area contributed by atoms with E-state index in [0.717, 1.165) is 59.5 Å². The highest BCUT2D eigenvalue weighted by atomic mass is 16.5. The third-order valence-electron chi connectivity index (χ3n) is 5.20. The van der Waals surface area contributed by atoms with Gasteiger partial charge in [-0.25, -0.2) is 4.98 Å². The Hall–Kier alpha value is -3.23. The fourth-order valence-electron chi connectivity index (χ4n) is 3.69. The highest BCUT2D eigenvalue weighted by molar-refractivity contribution is 5.95. The molecule has 1 aliphatic rings. The van der Waals surface area contributed by atoms with Crippen molar-refractivity contribution < 1.29 is 4.74 Å². The summed E-state index contributed by atoms with van der Waals surface area (Å²) in [5, 5.41) is 22.5. The van der Waals surface area contributed by atoms with Crippen LogP contribution in [0, 0.1) is 0 Å². The van der Waals surface area contributed by atoms with E-state index in [9.17, 15) is 0 Å². The normalized spacial score (nSPS) is 16.9. The summed E-state index contributed by atoms with van der Waals surface area (Å²) < 4.78 is 6.01. The minimum atomic E-state index is 0.469. The van der Waals surface area contributed by atoms with Crippen molar-refractivity contribution >= 4 is 10.9 Å². The topological polar surface area (TPSA) is 104 Å². The molecule has 1 aliphatic heterocycles. The SMILES string of the molecule is c1cc(OCCC2CNCCN2)cc(-c2n[nH]c3ccc(-c4nc[nH]n4)cc23)c1. The molecule has 1 saturated heterocycles. The number of fused-ring (bicyclic) bond motifs is 1. The smallest absolute Gasteiger partial charge is 0.180 e. The molecule has 148 valence electrons. The van der Waals surface area contributed by atoms with Crippen molar-refractivity contribution in [3.63, 3.8) is 0 Å². The van der Waals surface area contributed by atoms with Gasteiger partial charge >= 0.3 is 0 Å². The first kappa shape index (κ1) is 17.8. The predicted molar refractivity (Wildman–Crippen MR) is 112 cm³/mol. The lowest BCUT2D eigenvalue weighted by Gasteiger charge is -2.24. The predicted octanol–water partition coefficient (Wildman–Crippen LogP) is 2.35. The van der Waals surface area contributed by atoms with Gasteiger partial charge in [0.25, 0.3) is 0 Å². The van der Waals surface area contributed by atoms with Gasteiger partial charge in [0.15, 0.2) is 5.82 Å². The molecule has 4 N–H and O–H groups in total. The van der Waals surface area contributed by atoms with Gasteiger partial charge in [0, 0.05) is 42.2 Å². The zero-order chi connectivity index (χ0) is 19.5. The molecule has 1 unspecified atom stereocenters. The van der Waals surface area contributed by atoms with Crippen molar-refractivity contribution in [1.29, 1.82) is 0 Å². The maximum atomic E-state index is 6.01.